The molecule has 0 aliphatic heterocycles. The first kappa shape index (κ1) is 17.9. The normalized spacial score (nSPS) is 13.9. The maximum absolute atomic E-state index is 12.3. The minimum atomic E-state index is -5.45. The molecule has 0 aliphatic rings. The Hall–Kier alpha value is -0.0831. The summed E-state index contributed by atoms with van der Waals surface area (Å²) in [4.78, 5) is 0. The summed E-state index contributed by atoms with van der Waals surface area (Å²) in [5, 5.41) is 0. The summed E-state index contributed by atoms with van der Waals surface area (Å²) in [6, 6.07) is 0.887. The standard InChI is InChI=1S/C10H21F3O3SSi/c1-4-6-8-18(3,9-7-5-2)16-17(14,15)10(11,12)13/h4-9H2,1-3H3. The number of alkyl halides is 3. The third-order valence-corrected chi connectivity index (χ3v) is 8.59. The van der Waals surface area contributed by atoms with Gasteiger partial charge in [0.1, 0.15) is 0 Å². The molecule has 0 atom stereocenters. The van der Waals surface area contributed by atoms with E-state index in [-0.39, 0.29) is 0 Å². The second-order valence-electron chi connectivity index (χ2n) is 4.64. The van der Waals surface area contributed by atoms with Gasteiger partial charge in [0.2, 0.25) is 8.32 Å². The molecule has 0 N–H and O–H groups in total. The number of hydrogen-bond donors (Lipinski definition) is 0. The lowest BCUT2D eigenvalue weighted by Gasteiger charge is -2.26. The van der Waals surface area contributed by atoms with Crippen molar-refractivity contribution in [1.82, 2.24) is 0 Å². The summed E-state index contributed by atoms with van der Waals surface area (Å²) in [6.07, 6.45) is 3.01. The molecule has 0 rings (SSSR count). The number of hydrogen-bond acceptors (Lipinski definition) is 3. The molecule has 110 valence electrons. The second kappa shape index (κ2) is 6.90. The van der Waals surface area contributed by atoms with Gasteiger partial charge in [-0.25, -0.2) is 0 Å². The van der Waals surface area contributed by atoms with Crippen molar-refractivity contribution >= 4 is 18.4 Å². The highest BCUT2D eigenvalue weighted by atomic mass is 32.2. The van der Waals surface area contributed by atoms with Crippen LogP contribution in [-0.4, -0.2) is 22.2 Å². The maximum Gasteiger partial charge on any atom is 0.522 e. The first-order valence-electron chi connectivity index (χ1n) is 6.10. The van der Waals surface area contributed by atoms with Crippen LogP contribution in [0, 0.1) is 0 Å². The van der Waals surface area contributed by atoms with Crippen molar-refractivity contribution in [2.24, 2.45) is 0 Å². The molecular weight excluding hydrogens is 285 g/mol. The molecule has 0 bridgehead atoms. The lowest BCUT2D eigenvalue weighted by Crippen LogP contribution is -2.41. The van der Waals surface area contributed by atoms with Crippen molar-refractivity contribution in [3.8, 4) is 0 Å². The fraction of sp³-hybridized carbons (Fsp3) is 1.00. The molecular formula is C10H21F3O3SSi. The SMILES string of the molecule is CCCC[Si](C)(CCCC)OS(=O)(=O)C(F)(F)F. The van der Waals surface area contributed by atoms with Gasteiger partial charge in [-0.1, -0.05) is 39.5 Å². The lowest BCUT2D eigenvalue weighted by atomic mass is 10.4. The van der Waals surface area contributed by atoms with E-state index in [2.05, 4.69) is 3.87 Å². The van der Waals surface area contributed by atoms with E-state index in [4.69, 9.17) is 0 Å². The molecule has 0 fully saturated rings. The molecule has 0 heterocycles. The predicted octanol–water partition coefficient (Wildman–Crippen LogP) is 4.03. The van der Waals surface area contributed by atoms with Gasteiger partial charge in [-0.05, 0) is 18.6 Å². The van der Waals surface area contributed by atoms with E-state index in [1.54, 1.807) is 6.55 Å². The van der Waals surface area contributed by atoms with Gasteiger partial charge in [0.25, 0.3) is 0 Å². The van der Waals surface area contributed by atoms with Crippen LogP contribution in [0.15, 0.2) is 0 Å². The largest absolute Gasteiger partial charge is 0.522 e. The zero-order chi connectivity index (χ0) is 14.4. The van der Waals surface area contributed by atoms with E-state index in [1.807, 2.05) is 13.8 Å². The Morgan fingerprint density at radius 2 is 1.44 bits per heavy atom. The molecule has 0 radical (unpaired) electrons. The summed E-state index contributed by atoms with van der Waals surface area (Å²) >= 11 is 0. The molecule has 0 amide bonds. The predicted molar refractivity (Wildman–Crippen MR) is 67.1 cm³/mol. The number of halogens is 3. The van der Waals surface area contributed by atoms with Gasteiger partial charge in [0.15, 0.2) is 0 Å². The van der Waals surface area contributed by atoms with Crippen LogP contribution >= 0.6 is 0 Å². The third-order valence-electron chi connectivity index (χ3n) is 2.71. The van der Waals surface area contributed by atoms with Crippen LogP contribution in [0.2, 0.25) is 18.6 Å². The molecule has 0 aliphatic carbocycles. The average Bonchev–Trinajstić information content (AvgIpc) is 2.21. The highest BCUT2D eigenvalue weighted by Crippen LogP contribution is 2.32. The Labute approximate surface area is 108 Å². The van der Waals surface area contributed by atoms with Crippen molar-refractivity contribution in [2.45, 2.75) is 63.7 Å². The summed E-state index contributed by atoms with van der Waals surface area (Å²) < 4.78 is 63.7. The summed E-state index contributed by atoms with van der Waals surface area (Å²) in [7, 11) is -8.30. The Bertz CT molecular complexity index is 333. The summed E-state index contributed by atoms with van der Waals surface area (Å²) in [6.45, 7) is 5.39. The monoisotopic (exact) mass is 306 g/mol. The van der Waals surface area contributed by atoms with Crippen LogP contribution < -0.4 is 0 Å². The summed E-state index contributed by atoms with van der Waals surface area (Å²) in [5.74, 6) is 0. The third kappa shape index (κ3) is 5.70. The van der Waals surface area contributed by atoms with E-state index in [0.29, 0.717) is 24.9 Å². The minimum Gasteiger partial charge on any atom is -0.308 e. The van der Waals surface area contributed by atoms with Crippen molar-refractivity contribution in [3.05, 3.63) is 0 Å². The van der Waals surface area contributed by atoms with Crippen molar-refractivity contribution < 1.29 is 25.5 Å². The van der Waals surface area contributed by atoms with E-state index in [0.717, 1.165) is 12.8 Å². The van der Waals surface area contributed by atoms with Gasteiger partial charge in [0.05, 0.1) is 0 Å². The topological polar surface area (TPSA) is 43.4 Å². The Morgan fingerprint density at radius 3 is 1.72 bits per heavy atom. The minimum absolute atomic E-state index is 0.443. The highest BCUT2D eigenvalue weighted by molar-refractivity contribution is 7.88. The van der Waals surface area contributed by atoms with Crippen LogP contribution in [0.3, 0.4) is 0 Å². The second-order valence-corrected chi connectivity index (χ2v) is 10.6. The fourth-order valence-corrected chi connectivity index (χ4v) is 7.24. The number of rotatable bonds is 8. The smallest absolute Gasteiger partial charge is 0.308 e. The molecule has 0 aromatic carbocycles. The lowest BCUT2D eigenvalue weighted by molar-refractivity contribution is -0.0504. The zero-order valence-electron chi connectivity index (χ0n) is 11.0. The maximum atomic E-state index is 12.3. The molecule has 0 spiro atoms. The number of unbranched alkanes of at least 4 members (excludes halogenated alkanes) is 2. The zero-order valence-corrected chi connectivity index (χ0v) is 12.8. The van der Waals surface area contributed by atoms with Crippen LogP contribution in [0.5, 0.6) is 0 Å². The van der Waals surface area contributed by atoms with Gasteiger partial charge in [-0.3, -0.25) is 0 Å². The average molecular weight is 306 g/mol. The van der Waals surface area contributed by atoms with Gasteiger partial charge < -0.3 is 3.87 Å². The van der Waals surface area contributed by atoms with E-state index in [9.17, 15) is 21.6 Å². The van der Waals surface area contributed by atoms with Crippen LogP contribution in [-0.2, 0) is 14.0 Å². The highest BCUT2D eigenvalue weighted by Gasteiger charge is 2.50. The van der Waals surface area contributed by atoms with Gasteiger partial charge in [0, 0.05) is 0 Å². The molecule has 0 saturated carbocycles. The Kier molecular flexibility index (Phi) is 6.87. The molecule has 8 heteroatoms. The first-order chi connectivity index (χ1) is 8.08. The quantitative estimate of drug-likeness (QED) is 0.502. The fourth-order valence-electron chi connectivity index (χ4n) is 1.62. The van der Waals surface area contributed by atoms with Crippen molar-refractivity contribution in [2.75, 3.05) is 0 Å². The Balaban J connectivity index is 4.88. The molecule has 0 saturated heterocycles. The van der Waals surface area contributed by atoms with Crippen molar-refractivity contribution in [1.29, 1.82) is 0 Å². The van der Waals surface area contributed by atoms with Gasteiger partial charge in [-0.15, -0.1) is 0 Å². The molecule has 0 aromatic rings. The molecule has 0 aromatic heterocycles. The van der Waals surface area contributed by atoms with E-state index >= 15 is 0 Å². The molecule has 0 unspecified atom stereocenters. The first-order valence-corrected chi connectivity index (χ1v) is 10.3. The van der Waals surface area contributed by atoms with E-state index < -0.39 is 23.9 Å². The van der Waals surface area contributed by atoms with Gasteiger partial charge >= 0.3 is 15.6 Å². The summed E-state index contributed by atoms with van der Waals surface area (Å²) in [5.41, 5.74) is -5.32. The van der Waals surface area contributed by atoms with Crippen LogP contribution in [0.25, 0.3) is 0 Å². The van der Waals surface area contributed by atoms with Crippen molar-refractivity contribution in [3.63, 3.8) is 0 Å². The Morgan fingerprint density at radius 1 is 1.06 bits per heavy atom. The molecule has 3 nitrogen and oxygen atoms in total. The van der Waals surface area contributed by atoms with Crippen LogP contribution in [0.1, 0.15) is 39.5 Å². The van der Waals surface area contributed by atoms with Crippen LogP contribution in [0.4, 0.5) is 13.2 Å². The van der Waals surface area contributed by atoms with Gasteiger partial charge in [-0.2, -0.15) is 21.6 Å². The van der Waals surface area contributed by atoms with E-state index in [1.165, 1.54) is 0 Å². The molecule has 18 heavy (non-hydrogen) atoms.